The molecule has 1 saturated carbocycles. The molecule has 0 aliphatic heterocycles. The topological polar surface area (TPSA) is 146 Å². The largest absolute Gasteiger partial charge is 0.490 e. The number of benzene rings is 1. The number of aliphatic carboxylic acids is 1. The highest BCUT2D eigenvalue weighted by atomic mass is 19.4. The zero-order valence-electron chi connectivity index (χ0n) is 27.4. The molecule has 4 N–H and O–H groups in total. The molecule has 1 aliphatic rings. The van der Waals surface area contributed by atoms with Crippen LogP contribution < -0.4 is 16.2 Å². The number of carbonyl (C=O) groups is 2. The molecule has 2 aromatic heterocycles. The van der Waals surface area contributed by atoms with E-state index in [4.69, 9.17) is 15.6 Å². The van der Waals surface area contributed by atoms with E-state index in [-0.39, 0.29) is 5.56 Å². The molecule has 1 aliphatic carbocycles. The van der Waals surface area contributed by atoms with E-state index < -0.39 is 18.1 Å². The lowest BCUT2D eigenvalue weighted by atomic mass is 9.85. The molecule has 1 amide bonds. The third-order valence-electron chi connectivity index (χ3n) is 8.54. The molecule has 0 bridgehead atoms. The summed E-state index contributed by atoms with van der Waals surface area (Å²) in [5.41, 5.74) is 13.9. The fraction of sp³-hybridized carbons (Fsp3) is 0.485. The average molecular weight is 645 g/mol. The minimum atomic E-state index is -5.08. The predicted octanol–water partition coefficient (Wildman–Crippen LogP) is 5.09. The predicted molar refractivity (Wildman–Crippen MR) is 171 cm³/mol. The quantitative estimate of drug-likeness (QED) is 0.308. The number of carboxylic acids is 1. The number of nitrogens with two attached hydrogens (primary N) is 1. The van der Waals surface area contributed by atoms with Crippen molar-refractivity contribution in [1.82, 2.24) is 19.9 Å². The second-order valence-corrected chi connectivity index (χ2v) is 12.0. The number of pyridine rings is 1. The van der Waals surface area contributed by atoms with Crippen LogP contribution in [0.25, 0.3) is 11.3 Å². The fourth-order valence-corrected chi connectivity index (χ4v) is 6.17. The van der Waals surface area contributed by atoms with Crippen LogP contribution in [-0.2, 0) is 11.2 Å². The number of aromatic amines is 1. The molecule has 4 rings (SSSR count). The number of alkyl halides is 3. The van der Waals surface area contributed by atoms with E-state index in [1.54, 1.807) is 12.4 Å². The maximum atomic E-state index is 13.2. The summed E-state index contributed by atoms with van der Waals surface area (Å²) in [6.45, 7) is 10.7. The summed E-state index contributed by atoms with van der Waals surface area (Å²) < 4.78 is 31.7. The average Bonchev–Trinajstić information content (AvgIpc) is 2.97. The summed E-state index contributed by atoms with van der Waals surface area (Å²) in [6.07, 6.45) is 3.14. The number of amides is 1. The maximum Gasteiger partial charge on any atom is 0.490 e. The Kier molecular flexibility index (Phi) is 11.7. The van der Waals surface area contributed by atoms with Crippen LogP contribution in [0.1, 0.15) is 76.6 Å². The van der Waals surface area contributed by atoms with Crippen molar-refractivity contribution in [3.63, 3.8) is 0 Å². The highest BCUT2D eigenvalue weighted by Crippen LogP contribution is 2.40. The number of hydrogen-bond acceptors (Lipinski definition) is 7. The molecule has 10 nitrogen and oxygen atoms in total. The molecule has 0 unspecified atom stereocenters. The number of primary amides is 1. The molecule has 3 aromatic rings. The smallest absolute Gasteiger partial charge is 0.475 e. The fourth-order valence-electron chi connectivity index (χ4n) is 6.17. The first-order chi connectivity index (χ1) is 21.5. The number of anilines is 1. The van der Waals surface area contributed by atoms with E-state index in [0.29, 0.717) is 35.3 Å². The van der Waals surface area contributed by atoms with Gasteiger partial charge in [0.15, 0.2) is 0 Å². The normalized spacial score (nSPS) is 16.5. The molecule has 250 valence electrons. The second kappa shape index (κ2) is 14.9. The number of nitrogens with zero attached hydrogens (tertiary/aromatic N) is 4. The van der Waals surface area contributed by atoms with Crippen molar-refractivity contribution >= 4 is 17.6 Å². The minimum absolute atomic E-state index is 0.0921. The van der Waals surface area contributed by atoms with Crippen molar-refractivity contribution in [2.75, 3.05) is 25.5 Å². The van der Waals surface area contributed by atoms with Crippen LogP contribution in [0.5, 0.6) is 0 Å². The van der Waals surface area contributed by atoms with Crippen molar-refractivity contribution in [3.05, 3.63) is 74.1 Å². The Hall–Kier alpha value is -4.26. The van der Waals surface area contributed by atoms with Gasteiger partial charge in [-0.2, -0.15) is 13.2 Å². The Balaban J connectivity index is 0.000000738. The van der Waals surface area contributed by atoms with E-state index in [2.05, 4.69) is 45.8 Å². The minimum Gasteiger partial charge on any atom is -0.475 e. The lowest BCUT2D eigenvalue weighted by Gasteiger charge is -2.41. The van der Waals surface area contributed by atoms with Gasteiger partial charge < -0.3 is 25.6 Å². The second-order valence-electron chi connectivity index (χ2n) is 12.0. The highest BCUT2D eigenvalue weighted by molar-refractivity contribution is 5.98. The van der Waals surface area contributed by atoms with E-state index in [9.17, 15) is 22.8 Å². The zero-order chi connectivity index (χ0) is 34.5. The molecule has 46 heavy (non-hydrogen) atoms. The third-order valence-corrected chi connectivity index (χ3v) is 8.54. The van der Waals surface area contributed by atoms with Crippen molar-refractivity contribution in [2.45, 2.75) is 85.0 Å². The lowest BCUT2D eigenvalue weighted by molar-refractivity contribution is -0.192. The Labute approximate surface area is 266 Å². The molecule has 0 atom stereocenters. The number of aromatic nitrogens is 3. The van der Waals surface area contributed by atoms with Crippen molar-refractivity contribution in [2.24, 2.45) is 5.73 Å². The Bertz CT molecular complexity index is 1610. The van der Waals surface area contributed by atoms with Crippen LogP contribution in [0, 0.1) is 27.7 Å². The van der Waals surface area contributed by atoms with Gasteiger partial charge >= 0.3 is 12.1 Å². The third kappa shape index (κ3) is 8.51. The Morgan fingerprint density at radius 1 is 1.00 bits per heavy atom. The number of rotatable bonds is 8. The van der Waals surface area contributed by atoms with Gasteiger partial charge in [-0.1, -0.05) is 0 Å². The van der Waals surface area contributed by atoms with Gasteiger partial charge in [-0.25, -0.2) is 4.79 Å². The van der Waals surface area contributed by atoms with Gasteiger partial charge in [0.25, 0.3) is 5.56 Å². The summed E-state index contributed by atoms with van der Waals surface area (Å²) in [5, 5.41) is 7.12. The number of carboxylic acid groups (broad SMARTS) is 1. The first-order valence-corrected chi connectivity index (χ1v) is 15.1. The van der Waals surface area contributed by atoms with Gasteiger partial charge in [0, 0.05) is 59.3 Å². The van der Waals surface area contributed by atoms with E-state index in [0.717, 1.165) is 71.6 Å². The summed E-state index contributed by atoms with van der Waals surface area (Å²) in [6, 6.07) is 4.74. The van der Waals surface area contributed by atoms with E-state index >= 15 is 0 Å². The summed E-state index contributed by atoms with van der Waals surface area (Å²) in [4.78, 5) is 51.7. The molecule has 1 aromatic carbocycles. The number of nitrogens with one attached hydrogen (secondary N) is 1. The van der Waals surface area contributed by atoms with Gasteiger partial charge in [0.2, 0.25) is 5.91 Å². The van der Waals surface area contributed by atoms with Gasteiger partial charge in [0.1, 0.15) is 0 Å². The molecular formula is C33H43F3N6O4. The van der Waals surface area contributed by atoms with Crippen LogP contribution in [-0.4, -0.2) is 75.7 Å². The zero-order valence-corrected chi connectivity index (χ0v) is 27.4. The number of hydrogen-bond donors (Lipinski definition) is 3. The van der Waals surface area contributed by atoms with Gasteiger partial charge in [-0.3, -0.25) is 19.6 Å². The molecule has 1 fully saturated rings. The van der Waals surface area contributed by atoms with Gasteiger partial charge in [0.05, 0.1) is 17.6 Å². The maximum absolute atomic E-state index is 13.2. The molecule has 0 spiro atoms. The van der Waals surface area contributed by atoms with Gasteiger partial charge in [-0.05, 0) is 103 Å². The van der Waals surface area contributed by atoms with Crippen molar-refractivity contribution < 1.29 is 27.9 Å². The van der Waals surface area contributed by atoms with Crippen LogP contribution in [0.4, 0.5) is 18.9 Å². The van der Waals surface area contributed by atoms with Crippen LogP contribution in [0.3, 0.4) is 0 Å². The molecule has 0 radical (unpaired) electrons. The summed E-state index contributed by atoms with van der Waals surface area (Å²) in [5.74, 6) is -3.23. The number of halogens is 3. The Morgan fingerprint density at radius 3 is 2.04 bits per heavy atom. The van der Waals surface area contributed by atoms with Crippen LogP contribution in [0.2, 0.25) is 0 Å². The highest BCUT2D eigenvalue weighted by Gasteiger charge is 2.38. The van der Waals surface area contributed by atoms with Gasteiger partial charge in [-0.15, -0.1) is 0 Å². The monoisotopic (exact) mass is 644 g/mol. The summed E-state index contributed by atoms with van der Waals surface area (Å²) in [7, 11) is 4.30. The SMILES string of the molecule is CCN(c1c(C)c(C(N)=O)cc(-c2cnc(C)cn2)c1Cc1c(C)cc(C)[nH]c1=O)C1CCC(N(C)C)CC1.O=C(O)C(F)(F)F. The van der Waals surface area contributed by atoms with Crippen molar-refractivity contribution in [1.29, 1.82) is 0 Å². The Morgan fingerprint density at radius 2 is 1.59 bits per heavy atom. The number of aryl methyl sites for hydroxylation is 3. The number of carbonyl (C=O) groups excluding carboxylic acids is 1. The molecule has 2 heterocycles. The number of H-pyrrole nitrogens is 1. The van der Waals surface area contributed by atoms with E-state index in [1.807, 2.05) is 39.8 Å². The van der Waals surface area contributed by atoms with Crippen LogP contribution in [0.15, 0.2) is 29.3 Å². The van der Waals surface area contributed by atoms with Crippen LogP contribution >= 0.6 is 0 Å². The van der Waals surface area contributed by atoms with E-state index in [1.165, 1.54) is 0 Å². The molecular weight excluding hydrogens is 601 g/mol. The standard InChI is InChI=1S/C31H42N6O2.C2HF3O2/c1-8-37(23-11-9-22(10-12-23)36(6)7)29-21(5)25(30(32)38)15-26(28-17-33-20(4)16-34-28)27(29)14-24-18(2)13-19(3)35-31(24)39;3-2(4,5)1(6)7/h13,15-17,22-23H,8-12,14H2,1-7H3,(H2,32,38)(H,35,39);(H,6,7). The first kappa shape index (κ1) is 36.2. The first-order valence-electron chi connectivity index (χ1n) is 15.1. The lowest BCUT2D eigenvalue weighted by Crippen LogP contribution is -2.43. The van der Waals surface area contributed by atoms with Crippen molar-refractivity contribution in [3.8, 4) is 11.3 Å². The molecule has 13 heteroatoms. The summed E-state index contributed by atoms with van der Waals surface area (Å²) >= 11 is 0. The molecule has 0 saturated heterocycles.